The number of carbonyl (C=O) groups is 1. The van der Waals surface area contributed by atoms with Crippen LogP contribution in [0.3, 0.4) is 0 Å². The van der Waals surface area contributed by atoms with Crippen LogP contribution in [0.1, 0.15) is 21.7 Å². The Labute approximate surface area is 162 Å². The van der Waals surface area contributed by atoms with Crippen molar-refractivity contribution in [3.05, 3.63) is 59.8 Å². The van der Waals surface area contributed by atoms with E-state index in [1.807, 2.05) is 26.4 Å². The number of benzene rings is 1. The third kappa shape index (κ3) is 3.48. The van der Waals surface area contributed by atoms with Crippen molar-refractivity contribution in [1.29, 1.82) is 0 Å². The normalized spacial score (nSPS) is 13.1. The fourth-order valence-electron chi connectivity index (χ4n) is 3.37. The van der Waals surface area contributed by atoms with Crippen molar-refractivity contribution in [3.63, 3.8) is 0 Å². The summed E-state index contributed by atoms with van der Waals surface area (Å²) in [6.07, 6.45) is 4.50. The lowest BCUT2D eigenvalue weighted by Gasteiger charge is -2.31. The number of aromatic amines is 1. The van der Waals surface area contributed by atoms with Crippen LogP contribution in [0.25, 0.3) is 0 Å². The summed E-state index contributed by atoms with van der Waals surface area (Å²) in [5.41, 5.74) is 5.45. The Morgan fingerprint density at radius 2 is 2.04 bits per heavy atom. The predicted molar refractivity (Wildman–Crippen MR) is 109 cm³/mol. The van der Waals surface area contributed by atoms with Crippen LogP contribution in [0.15, 0.2) is 42.9 Å². The number of nitrogens with one attached hydrogen (secondary N) is 2. The molecule has 0 spiro atoms. The molecule has 8 heteroatoms. The summed E-state index contributed by atoms with van der Waals surface area (Å²) in [4.78, 5) is 27.5. The molecule has 0 amide bonds. The van der Waals surface area contributed by atoms with Crippen LogP contribution in [-0.2, 0) is 13.0 Å². The highest BCUT2D eigenvalue weighted by Crippen LogP contribution is 2.33. The molecule has 0 saturated carbocycles. The van der Waals surface area contributed by atoms with Gasteiger partial charge in [0.1, 0.15) is 5.82 Å². The van der Waals surface area contributed by atoms with Crippen molar-refractivity contribution in [2.75, 3.05) is 35.8 Å². The fourth-order valence-corrected chi connectivity index (χ4v) is 3.37. The molecule has 2 aromatic heterocycles. The van der Waals surface area contributed by atoms with Crippen molar-refractivity contribution >= 4 is 28.8 Å². The first kappa shape index (κ1) is 17.8. The largest absolute Gasteiger partial charge is 0.478 e. The number of rotatable bonds is 5. The molecule has 0 saturated heterocycles. The first-order valence-electron chi connectivity index (χ1n) is 9.05. The minimum atomic E-state index is -0.939. The molecule has 28 heavy (non-hydrogen) atoms. The van der Waals surface area contributed by atoms with Crippen LogP contribution < -0.4 is 15.1 Å². The Bertz CT molecular complexity index is 996. The molecule has 4 rings (SSSR count). The Balaban J connectivity index is 1.61. The average molecular weight is 378 g/mol. The van der Waals surface area contributed by atoms with E-state index in [1.165, 1.54) is 0 Å². The van der Waals surface area contributed by atoms with Crippen molar-refractivity contribution in [2.24, 2.45) is 0 Å². The summed E-state index contributed by atoms with van der Waals surface area (Å²) in [5.74, 6) is -0.232. The number of hydrogen-bond acceptors (Lipinski definition) is 6. The van der Waals surface area contributed by atoms with Gasteiger partial charge in [-0.15, -0.1) is 0 Å². The van der Waals surface area contributed by atoms with Gasteiger partial charge in [-0.25, -0.2) is 14.8 Å². The Hall–Kier alpha value is -3.55. The number of fused-ring (bicyclic) bond motifs is 1. The first-order chi connectivity index (χ1) is 13.5. The monoisotopic (exact) mass is 378 g/mol. The molecule has 144 valence electrons. The number of imidazole rings is 1. The Morgan fingerprint density at radius 1 is 1.25 bits per heavy atom. The van der Waals surface area contributed by atoms with Crippen molar-refractivity contribution < 1.29 is 9.90 Å². The number of aromatic carboxylic acids is 1. The molecule has 0 bridgehead atoms. The number of nitrogens with zero attached hydrogens (tertiary/aromatic N) is 4. The third-order valence-electron chi connectivity index (χ3n) is 4.86. The van der Waals surface area contributed by atoms with Gasteiger partial charge in [-0.05, 0) is 24.3 Å². The Morgan fingerprint density at radius 3 is 2.75 bits per heavy atom. The summed E-state index contributed by atoms with van der Waals surface area (Å²) in [7, 11) is 4.01. The van der Waals surface area contributed by atoms with E-state index in [0.29, 0.717) is 5.82 Å². The van der Waals surface area contributed by atoms with Crippen LogP contribution in [0.2, 0.25) is 0 Å². The molecular formula is C20H22N6O2. The fraction of sp³-hybridized carbons (Fsp3) is 0.250. The van der Waals surface area contributed by atoms with Gasteiger partial charge in [0.2, 0.25) is 0 Å². The van der Waals surface area contributed by atoms with Crippen LogP contribution in [0.4, 0.5) is 22.9 Å². The summed E-state index contributed by atoms with van der Waals surface area (Å²) in [6, 6.07) is 8.65. The zero-order valence-corrected chi connectivity index (χ0v) is 15.8. The molecule has 0 fully saturated rings. The minimum absolute atomic E-state index is 0.255. The van der Waals surface area contributed by atoms with Crippen molar-refractivity contribution in [3.8, 4) is 0 Å². The van der Waals surface area contributed by atoms with Crippen LogP contribution in [0, 0.1) is 0 Å². The maximum absolute atomic E-state index is 11.0. The predicted octanol–water partition coefficient (Wildman–Crippen LogP) is 2.88. The number of carboxylic acids is 1. The highest BCUT2D eigenvalue weighted by Gasteiger charge is 2.22. The maximum Gasteiger partial charge on any atom is 0.335 e. The second-order valence-electron chi connectivity index (χ2n) is 6.96. The standard InChI is InChI=1S/C20H22N6O2/c1-25(2)18-10-21-19(24-14-5-3-13(4-6-14)20(27)28)9-17(18)26-8-7-15-16(11-26)23-12-22-15/h3-6,9-10,12H,7-8,11H2,1-2H3,(H,21,24)(H,22,23)(H,27,28). The van der Waals surface area contributed by atoms with E-state index in [-0.39, 0.29) is 5.56 Å². The summed E-state index contributed by atoms with van der Waals surface area (Å²) in [5, 5.41) is 12.3. The smallest absolute Gasteiger partial charge is 0.335 e. The Kier molecular flexibility index (Phi) is 4.60. The van der Waals surface area contributed by atoms with Crippen LogP contribution in [-0.4, -0.2) is 46.7 Å². The summed E-state index contributed by atoms with van der Waals surface area (Å²) in [6.45, 7) is 1.66. The molecule has 0 unspecified atom stereocenters. The highest BCUT2D eigenvalue weighted by atomic mass is 16.4. The maximum atomic E-state index is 11.0. The first-order valence-corrected chi connectivity index (χ1v) is 9.05. The summed E-state index contributed by atoms with van der Waals surface area (Å²) < 4.78 is 0. The molecule has 0 aliphatic carbocycles. The van der Waals surface area contributed by atoms with E-state index in [1.54, 1.807) is 30.6 Å². The zero-order valence-electron chi connectivity index (χ0n) is 15.8. The lowest BCUT2D eigenvalue weighted by molar-refractivity contribution is 0.0697. The lowest BCUT2D eigenvalue weighted by atomic mass is 10.1. The molecular weight excluding hydrogens is 356 g/mol. The number of anilines is 4. The molecule has 8 nitrogen and oxygen atoms in total. The summed E-state index contributed by atoms with van der Waals surface area (Å²) >= 11 is 0. The van der Waals surface area contributed by atoms with E-state index in [2.05, 4.69) is 30.1 Å². The molecule has 0 atom stereocenters. The average Bonchev–Trinajstić information content (AvgIpc) is 3.16. The van der Waals surface area contributed by atoms with Gasteiger partial charge < -0.3 is 25.2 Å². The second-order valence-corrected chi connectivity index (χ2v) is 6.96. The van der Waals surface area contributed by atoms with E-state index >= 15 is 0 Å². The molecule has 1 aromatic carbocycles. The van der Waals surface area contributed by atoms with E-state index in [9.17, 15) is 4.79 Å². The topological polar surface area (TPSA) is 97.4 Å². The van der Waals surface area contributed by atoms with Gasteiger partial charge in [0.15, 0.2) is 0 Å². The quantitative estimate of drug-likeness (QED) is 0.628. The molecule has 1 aliphatic rings. The highest BCUT2D eigenvalue weighted by molar-refractivity contribution is 5.88. The van der Waals surface area contributed by atoms with Gasteiger partial charge >= 0.3 is 5.97 Å². The number of pyridine rings is 1. The van der Waals surface area contributed by atoms with Crippen molar-refractivity contribution in [1.82, 2.24) is 15.0 Å². The van der Waals surface area contributed by atoms with Gasteiger partial charge in [-0.3, -0.25) is 0 Å². The number of H-pyrrole nitrogens is 1. The van der Waals surface area contributed by atoms with Crippen LogP contribution >= 0.6 is 0 Å². The lowest BCUT2D eigenvalue weighted by Crippen LogP contribution is -2.31. The van der Waals surface area contributed by atoms with Gasteiger partial charge in [0.05, 0.1) is 47.4 Å². The van der Waals surface area contributed by atoms with E-state index in [0.717, 1.165) is 48.0 Å². The van der Waals surface area contributed by atoms with E-state index < -0.39 is 5.97 Å². The number of hydrogen-bond donors (Lipinski definition) is 3. The molecule has 3 heterocycles. The van der Waals surface area contributed by atoms with Gasteiger partial charge in [-0.2, -0.15) is 0 Å². The number of aromatic nitrogens is 3. The van der Waals surface area contributed by atoms with Gasteiger partial charge in [-0.1, -0.05) is 0 Å². The van der Waals surface area contributed by atoms with E-state index in [4.69, 9.17) is 5.11 Å². The zero-order chi connectivity index (χ0) is 19.7. The molecule has 1 aliphatic heterocycles. The third-order valence-corrected chi connectivity index (χ3v) is 4.86. The molecule has 3 N–H and O–H groups in total. The number of carboxylic acid groups (broad SMARTS) is 1. The molecule has 3 aromatic rings. The van der Waals surface area contributed by atoms with Gasteiger partial charge in [0.25, 0.3) is 0 Å². The minimum Gasteiger partial charge on any atom is -0.478 e. The second kappa shape index (κ2) is 7.22. The SMILES string of the molecule is CN(C)c1cnc(Nc2ccc(C(=O)O)cc2)cc1N1CCc2nc[nH]c2C1. The molecule has 0 radical (unpaired) electrons. The van der Waals surface area contributed by atoms with Gasteiger partial charge in [0, 0.05) is 38.8 Å². The van der Waals surface area contributed by atoms with Crippen molar-refractivity contribution in [2.45, 2.75) is 13.0 Å². The van der Waals surface area contributed by atoms with Crippen LogP contribution in [0.5, 0.6) is 0 Å².